The highest BCUT2D eigenvalue weighted by Crippen LogP contribution is 2.24. The molecule has 1 aromatic rings. The first-order chi connectivity index (χ1) is 8.66. The molecule has 0 fully saturated rings. The maximum absolute atomic E-state index is 11.9. The largest absolute Gasteiger partial charge is 0.468 e. The zero-order chi connectivity index (χ0) is 14.8. The molecule has 0 aliphatic rings. The lowest BCUT2D eigenvalue weighted by Crippen LogP contribution is -2.26. The molecule has 5 nitrogen and oxygen atoms in total. The van der Waals surface area contributed by atoms with Gasteiger partial charge in [-0.2, -0.15) is 0 Å². The van der Waals surface area contributed by atoms with Crippen LogP contribution in [0.3, 0.4) is 0 Å². The van der Waals surface area contributed by atoms with Crippen molar-refractivity contribution in [2.24, 2.45) is 7.05 Å². The van der Waals surface area contributed by atoms with E-state index >= 15 is 0 Å². The zero-order valence-electron chi connectivity index (χ0n) is 12.2. The van der Waals surface area contributed by atoms with Gasteiger partial charge in [0.2, 0.25) is 0 Å². The number of nitrogens with zero attached hydrogens (tertiary/aromatic N) is 2. The van der Waals surface area contributed by atoms with E-state index in [4.69, 9.17) is 0 Å². The first kappa shape index (κ1) is 15.8. The Morgan fingerprint density at radius 1 is 1.47 bits per heavy atom. The van der Waals surface area contributed by atoms with Crippen molar-refractivity contribution in [2.45, 2.75) is 43.5 Å². The summed E-state index contributed by atoms with van der Waals surface area (Å²) in [5, 5.41) is 0.119. The lowest BCUT2D eigenvalue weighted by atomic mass is 9.92. The molecule has 1 rings (SSSR count). The molecule has 6 heteroatoms. The second-order valence-electron chi connectivity index (χ2n) is 5.35. The van der Waals surface area contributed by atoms with Gasteiger partial charge in [-0.15, -0.1) is 0 Å². The van der Waals surface area contributed by atoms with Gasteiger partial charge in [0.1, 0.15) is 5.25 Å². The van der Waals surface area contributed by atoms with Crippen molar-refractivity contribution >= 4 is 17.7 Å². The maximum atomic E-state index is 11.9. The second kappa shape index (κ2) is 5.77. The Labute approximate surface area is 117 Å². The predicted octanol–water partition coefficient (Wildman–Crippen LogP) is 1.73. The van der Waals surface area contributed by atoms with Crippen LogP contribution in [0.15, 0.2) is 16.0 Å². The van der Waals surface area contributed by atoms with Gasteiger partial charge in [-0.25, -0.2) is 4.98 Å². The summed E-state index contributed by atoms with van der Waals surface area (Å²) in [6.07, 6.45) is 0. The Bertz CT molecular complexity index is 532. The summed E-state index contributed by atoms with van der Waals surface area (Å²) in [6, 6.07) is 1.53. The first-order valence-electron chi connectivity index (χ1n) is 6.00. The topological polar surface area (TPSA) is 61.2 Å². The Balaban J connectivity index is 3.17. The smallest absolute Gasteiger partial charge is 0.318 e. The molecule has 0 N–H and O–H groups in total. The Morgan fingerprint density at radius 3 is 2.53 bits per heavy atom. The monoisotopic (exact) mass is 284 g/mol. The van der Waals surface area contributed by atoms with E-state index in [2.05, 4.69) is 9.72 Å². The van der Waals surface area contributed by atoms with Crippen LogP contribution in [0.5, 0.6) is 0 Å². The number of hydrogen-bond donors (Lipinski definition) is 0. The van der Waals surface area contributed by atoms with E-state index in [1.807, 2.05) is 20.8 Å². The fraction of sp³-hybridized carbons (Fsp3) is 0.615. The highest BCUT2D eigenvalue weighted by Gasteiger charge is 2.21. The molecule has 19 heavy (non-hydrogen) atoms. The quantitative estimate of drug-likeness (QED) is 0.480. The molecule has 0 aromatic carbocycles. The number of esters is 1. The highest BCUT2D eigenvalue weighted by molar-refractivity contribution is 8.00. The molecular formula is C13H20N2O3S. The molecule has 0 spiro atoms. The lowest BCUT2D eigenvalue weighted by molar-refractivity contribution is -0.139. The molecule has 1 heterocycles. The highest BCUT2D eigenvalue weighted by atomic mass is 32.2. The van der Waals surface area contributed by atoms with E-state index in [0.29, 0.717) is 5.16 Å². The average Bonchev–Trinajstić information content (AvgIpc) is 2.32. The van der Waals surface area contributed by atoms with Gasteiger partial charge in [-0.3, -0.25) is 14.2 Å². The molecule has 0 bridgehead atoms. The van der Waals surface area contributed by atoms with Gasteiger partial charge >= 0.3 is 5.97 Å². The van der Waals surface area contributed by atoms with Crippen LogP contribution in [0.1, 0.15) is 33.4 Å². The van der Waals surface area contributed by atoms with Crippen molar-refractivity contribution in [3.63, 3.8) is 0 Å². The molecule has 1 atom stereocenters. The molecule has 0 amide bonds. The zero-order valence-corrected chi connectivity index (χ0v) is 13.0. The Kier molecular flexibility index (Phi) is 4.79. The Hall–Kier alpha value is -1.30. The van der Waals surface area contributed by atoms with Crippen molar-refractivity contribution in [3.05, 3.63) is 22.1 Å². The molecule has 0 saturated heterocycles. The van der Waals surface area contributed by atoms with E-state index in [9.17, 15) is 9.59 Å². The van der Waals surface area contributed by atoms with Crippen LogP contribution < -0.4 is 5.56 Å². The number of carbonyl (C=O) groups is 1. The number of aromatic nitrogens is 2. The van der Waals surface area contributed by atoms with Crippen molar-refractivity contribution in [1.82, 2.24) is 9.55 Å². The van der Waals surface area contributed by atoms with Crippen LogP contribution in [0.2, 0.25) is 0 Å². The van der Waals surface area contributed by atoms with Crippen molar-refractivity contribution in [1.29, 1.82) is 0 Å². The summed E-state index contributed by atoms with van der Waals surface area (Å²) in [7, 11) is 2.99. The number of ether oxygens (including phenoxy) is 1. The van der Waals surface area contributed by atoms with Crippen LogP contribution in [-0.2, 0) is 22.0 Å². The summed E-state index contributed by atoms with van der Waals surface area (Å²) < 4.78 is 6.12. The van der Waals surface area contributed by atoms with E-state index < -0.39 is 5.25 Å². The fourth-order valence-corrected chi connectivity index (χ4v) is 2.29. The second-order valence-corrected chi connectivity index (χ2v) is 6.66. The first-order valence-corrected chi connectivity index (χ1v) is 6.88. The van der Waals surface area contributed by atoms with Crippen molar-refractivity contribution < 1.29 is 9.53 Å². The minimum absolute atomic E-state index is 0.125. The van der Waals surface area contributed by atoms with E-state index in [1.54, 1.807) is 14.0 Å². The molecular weight excluding hydrogens is 264 g/mol. The van der Waals surface area contributed by atoms with E-state index in [-0.39, 0.29) is 16.9 Å². The van der Waals surface area contributed by atoms with Gasteiger partial charge in [0.05, 0.1) is 12.8 Å². The number of carbonyl (C=O) groups excluding carboxylic acids is 1. The van der Waals surface area contributed by atoms with Gasteiger partial charge in [0.25, 0.3) is 5.56 Å². The molecule has 106 valence electrons. The molecule has 0 radical (unpaired) electrons. The third-order valence-electron chi connectivity index (χ3n) is 2.68. The molecule has 0 aliphatic carbocycles. The van der Waals surface area contributed by atoms with Gasteiger partial charge in [-0.05, 0) is 6.92 Å². The van der Waals surface area contributed by atoms with Crippen LogP contribution in [-0.4, -0.2) is 27.9 Å². The number of thioether (sulfide) groups is 1. The van der Waals surface area contributed by atoms with Crippen molar-refractivity contribution in [3.8, 4) is 0 Å². The summed E-state index contributed by atoms with van der Waals surface area (Å²) in [5.41, 5.74) is 0.381. The Morgan fingerprint density at radius 2 is 2.05 bits per heavy atom. The third-order valence-corrected chi connectivity index (χ3v) is 3.80. The summed E-state index contributed by atoms with van der Waals surface area (Å²) in [4.78, 5) is 27.8. The maximum Gasteiger partial charge on any atom is 0.318 e. The van der Waals surface area contributed by atoms with Crippen LogP contribution in [0.4, 0.5) is 0 Å². The number of methoxy groups -OCH3 is 1. The molecule has 1 unspecified atom stereocenters. The van der Waals surface area contributed by atoms with Crippen LogP contribution in [0.25, 0.3) is 0 Å². The number of rotatable bonds is 3. The van der Waals surface area contributed by atoms with Gasteiger partial charge in [0.15, 0.2) is 5.16 Å². The molecule has 1 aromatic heterocycles. The lowest BCUT2D eigenvalue weighted by Gasteiger charge is -2.19. The van der Waals surface area contributed by atoms with Gasteiger partial charge in [-0.1, -0.05) is 32.5 Å². The normalized spacial score (nSPS) is 13.2. The minimum atomic E-state index is -0.404. The fourth-order valence-electron chi connectivity index (χ4n) is 1.38. The standard InChI is InChI=1S/C13H20N2O3S/c1-8(11(17)18-6)19-12-14-9(13(2,3)4)7-10(16)15(12)5/h7-8H,1-6H3. The predicted molar refractivity (Wildman–Crippen MR) is 75.5 cm³/mol. The number of hydrogen-bond acceptors (Lipinski definition) is 5. The summed E-state index contributed by atoms with van der Waals surface area (Å²) in [6.45, 7) is 7.71. The average molecular weight is 284 g/mol. The summed E-state index contributed by atoms with van der Waals surface area (Å²) in [5.74, 6) is -0.333. The summed E-state index contributed by atoms with van der Waals surface area (Å²) >= 11 is 1.22. The van der Waals surface area contributed by atoms with Crippen LogP contribution >= 0.6 is 11.8 Å². The molecule has 0 aliphatic heterocycles. The van der Waals surface area contributed by atoms with E-state index in [0.717, 1.165) is 5.69 Å². The minimum Gasteiger partial charge on any atom is -0.468 e. The van der Waals surface area contributed by atoms with Gasteiger partial charge < -0.3 is 4.74 Å². The SMILES string of the molecule is COC(=O)C(C)Sc1nc(C(C)(C)C)cc(=O)n1C. The van der Waals surface area contributed by atoms with Crippen LogP contribution in [0, 0.1) is 0 Å². The molecule has 0 saturated carbocycles. The van der Waals surface area contributed by atoms with Gasteiger partial charge in [0, 0.05) is 18.5 Å². The van der Waals surface area contributed by atoms with Crippen molar-refractivity contribution in [2.75, 3.05) is 7.11 Å². The van der Waals surface area contributed by atoms with E-state index in [1.165, 1.54) is 29.5 Å². The third kappa shape index (κ3) is 3.83.